The zero-order valence-electron chi connectivity index (χ0n) is 22.3. The van der Waals surface area contributed by atoms with Crippen LogP contribution in [0.2, 0.25) is 0 Å². The molecule has 196 valence electrons. The second kappa shape index (κ2) is 10.2. The largest absolute Gasteiger partial charge is 0.494 e. The highest BCUT2D eigenvalue weighted by molar-refractivity contribution is 5.99. The van der Waals surface area contributed by atoms with Gasteiger partial charge >= 0.3 is 0 Å². The molecule has 0 spiro atoms. The summed E-state index contributed by atoms with van der Waals surface area (Å²) in [5.74, 6) is 1.75. The van der Waals surface area contributed by atoms with Gasteiger partial charge in [-0.15, -0.1) is 0 Å². The van der Waals surface area contributed by atoms with Gasteiger partial charge in [0.2, 0.25) is 5.76 Å². The number of hydrogen-bond donors (Lipinski definition) is 0. The maximum Gasteiger partial charge on any atom is 0.290 e. The summed E-state index contributed by atoms with van der Waals surface area (Å²) in [6, 6.07) is 16.5. The molecule has 0 aliphatic carbocycles. The van der Waals surface area contributed by atoms with Gasteiger partial charge in [-0.25, -0.2) is 0 Å². The van der Waals surface area contributed by atoms with Gasteiger partial charge in [0, 0.05) is 6.54 Å². The molecule has 0 N–H and O–H groups in total. The van der Waals surface area contributed by atoms with E-state index in [0.717, 1.165) is 22.3 Å². The van der Waals surface area contributed by atoms with E-state index in [1.165, 1.54) is 0 Å². The summed E-state index contributed by atoms with van der Waals surface area (Å²) in [5.41, 5.74) is 4.21. The Morgan fingerprint density at radius 2 is 1.74 bits per heavy atom. The van der Waals surface area contributed by atoms with E-state index < -0.39 is 6.04 Å². The van der Waals surface area contributed by atoms with Gasteiger partial charge < -0.3 is 23.5 Å². The number of nitrogens with zero attached hydrogens (tertiary/aromatic N) is 1. The van der Waals surface area contributed by atoms with E-state index in [0.29, 0.717) is 53.4 Å². The van der Waals surface area contributed by atoms with E-state index >= 15 is 0 Å². The van der Waals surface area contributed by atoms with Gasteiger partial charge in [-0.2, -0.15) is 0 Å². The molecule has 7 nitrogen and oxygen atoms in total. The normalized spacial score (nSPS) is 14.6. The van der Waals surface area contributed by atoms with Gasteiger partial charge in [0.05, 0.1) is 37.8 Å². The van der Waals surface area contributed by atoms with Gasteiger partial charge in [-0.1, -0.05) is 24.3 Å². The smallest absolute Gasteiger partial charge is 0.290 e. The van der Waals surface area contributed by atoms with Crippen LogP contribution < -0.4 is 19.6 Å². The third kappa shape index (κ3) is 4.38. The number of methoxy groups -OCH3 is 2. The highest BCUT2D eigenvalue weighted by Gasteiger charge is 2.42. The fraction of sp³-hybridized carbons (Fsp3) is 0.290. The van der Waals surface area contributed by atoms with E-state index in [4.69, 9.17) is 18.6 Å². The number of carbonyl (C=O) groups is 1. The van der Waals surface area contributed by atoms with Crippen LogP contribution in [0.4, 0.5) is 0 Å². The van der Waals surface area contributed by atoms with E-state index in [9.17, 15) is 9.59 Å². The van der Waals surface area contributed by atoms with Crippen molar-refractivity contribution >= 4 is 16.9 Å². The minimum absolute atomic E-state index is 0.105. The molecule has 0 radical (unpaired) electrons. The van der Waals surface area contributed by atoms with Crippen molar-refractivity contribution < 1.29 is 23.4 Å². The number of hydrogen-bond acceptors (Lipinski definition) is 6. The first-order valence-corrected chi connectivity index (χ1v) is 12.7. The van der Waals surface area contributed by atoms with E-state index in [1.54, 1.807) is 19.1 Å². The molecule has 0 saturated heterocycles. The van der Waals surface area contributed by atoms with Crippen LogP contribution in [-0.4, -0.2) is 38.2 Å². The van der Waals surface area contributed by atoms with Crippen molar-refractivity contribution in [1.29, 1.82) is 0 Å². The summed E-state index contributed by atoms with van der Waals surface area (Å²) >= 11 is 0. The fourth-order valence-corrected chi connectivity index (χ4v) is 5.28. The first-order valence-electron chi connectivity index (χ1n) is 12.7. The van der Waals surface area contributed by atoms with Crippen molar-refractivity contribution in [2.24, 2.45) is 0 Å². The first kappa shape index (κ1) is 25.4. The Bertz CT molecular complexity index is 1590. The van der Waals surface area contributed by atoms with Crippen LogP contribution in [-0.2, 0) is 6.42 Å². The number of amides is 1. The van der Waals surface area contributed by atoms with Crippen LogP contribution >= 0.6 is 0 Å². The van der Waals surface area contributed by atoms with Crippen molar-refractivity contribution in [3.05, 3.63) is 98.4 Å². The number of fused-ring (bicyclic) bond motifs is 2. The Labute approximate surface area is 221 Å². The number of rotatable bonds is 8. The molecule has 0 unspecified atom stereocenters. The Balaban J connectivity index is 1.62. The fourth-order valence-electron chi connectivity index (χ4n) is 5.28. The summed E-state index contributed by atoms with van der Waals surface area (Å²) in [6.07, 6.45) is 0.549. The van der Waals surface area contributed by atoms with Gasteiger partial charge in [0.15, 0.2) is 16.9 Å². The highest BCUT2D eigenvalue weighted by atomic mass is 16.5. The number of ether oxygens (including phenoxy) is 3. The minimum Gasteiger partial charge on any atom is -0.494 e. The molecule has 3 aromatic carbocycles. The van der Waals surface area contributed by atoms with Crippen LogP contribution in [0.15, 0.2) is 63.8 Å². The van der Waals surface area contributed by atoms with Gasteiger partial charge in [0.25, 0.3) is 5.91 Å². The number of carbonyl (C=O) groups excluding carboxylic acids is 1. The van der Waals surface area contributed by atoms with Gasteiger partial charge in [-0.05, 0) is 79.8 Å². The van der Waals surface area contributed by atoms with Gasteiger partial charge in [0.1, 0.15) is 11.3 Å². The first-order chi connectivity index (χ1) is 18.4. The maximum atomic E-state index is 13.9. The Kier molecular flexibility index (Phi) is 6.85. The van der Waals surface area contributed by atoms with Crippen molar-refractivity contribution in [3.8, 4) is 17.2 Å². The van der Waals surface area contributed by atoms with Crippen LogP contribution in [0.25, 0.3) is 11.0 Å². The lowest BCUT2D eigenvalue weighted by molar-refractivity contribution is 0.0729. The molecule has 0 saturated carbocycles. The Morgan fingerprint density at radius 1 is 0.947 bits per heavy atom. The molecule has 1 amide bonds. The van der Waals surface area contributed by atoms with Crippen LogP contribution in [0.1, 0.15) is 51.3 Å². The lowest BCUT2D eigenvalue weighted by Gasteiger charge is -2.25. The minimum atomic E-state index is -0.598. The average Bonchev–Trinajstić information content (AvgIpc) is 3.20. The third-order valence-corrected chi connectivity index (χ3v) is 6.97. The topological polar surface area (TPSA) is 78.2 Å². The lowest BCUT2D eigenvalue weighted by atomic mass is 9.97. The quantitative estimate of drug-likeness (QED) is 0.305. The lowest BCUT2D eigenvalue weighted by Crippen LogP contribution is -2.31. The number of benzene rings is 3. The zero-order chi connectivity index (χ0) is 27.0. The molecular formula is C31H31NO6. The summed E-state index contributed by atoms with van der Waals surface area (Å²) in [4.78, 5) is 29.5. The Hall–Kier alpha value is -4.26. The van der Waals surface area contributed by atoms with Crippen molar-refractivity contribution in [2.75, 3.05) is 27.4 Å². The SMILES string of the molecule is CCOc1cccc([C@@H]2c3c(oc4c(C)cc(C)cc4c3=O)C(=O)N2CCc2ccc(OC)c(OC)c2)c1. The molecular weight excluding hydrogens is 482 g/mol. The highest BCUT2D eigenvalue weighted by Crippen LogP contribution is 2.40. The molecule has 0 bridgehead atoms. The molecule has 1 aliphatic rings. The molecule has 1 aliphatic heterocycles. The van der Waals surface area contributed by atoms with Crippen LogP contribution in [0.3, 0.4) is 0 Å². The van der Waals surface area contributed by atoms with Crippen LogP contribution in [0, 0.1) is 13.8 Å². The zero-order valence-corrected chi connectivity index (χ0v) is 22.3. The molecule has 2 heterocycles. The standard InChI is InChI=1S/C31H31NO6/c1-6-37-22-9-7-8-21(17-22)27-26-28(33)23-15-18(2)14-19(3)29(23)38-30(26)31(34)32(27)13-12-20-10-11-24(35-4)25(16-20)36-5/h7-11,14-17,27H,6,12-13H2,1-5H3/t27-/m1/s1. The monoisotopic (exact) mass is 513 g/mol. The average molecular weight is 514 g/mol. The van der Waals surface area contributed by atoms with E-state index in [1.807, 2.05) is 75.4 Å². The summed E-state index contributed by atoms with van der Waals surface area (Å²) < 4.78 is 22.7. The predicted octanol–water partition coefficient (Wildman–Crippen LogP) is 5.61. The van der Waals surface area contributed by atoms with E-state index in [-0.39, 0.29) is 17.1 Å². The predicted molar refractivity (Wildman–Crippen MR) is 146 cm³/mol. The summed E-state index contributed by atoms with van der Waals surface area (Å²) in [5, 5.41) is 0.488. The maximum absolute atomic E-state index is 13.9. The molecule has 1 atom stereocenters. The second-order valence-corrected chi connectivity index (χ2v) is 9.48. The Morgan fingerprint density at radius 3 is 2.47 bits per heavy atom. The summed E-state index contributed by atoms with van der Waals surface area (Å²) in [7, 11) is 3.19. The molecule has 0 fully saturated rings. The second-order valence-electron chi connectivity index (χ2n) is 9.48. The van der Waals surface area contributed by atoms with Gasteiger partial charge in [-0.3, -0.25) is 9.59 Å². The van der Waals surface area contributed by atoms with Crippen molar-refractivity contribution in [2.45, 2.75) is 33.2 Å². The molecule has 4 aromatic rings. The van der Waals surface area contributed by atoms with Crippen LogP contribution in [0.5, 0.6) is 17.2 Å². The molecule has 5 rings (SSSR count). The van der Waals surface area contributed by atoms with Crippen molar-refractivity contribution in [1.82, 2.24) is 4.90 Å². The summed E-state index contributed by atoms with van der Waals surface area (Å²) in [6.45, 7) is 6.64. The molecule has 1 aromatic heterocycles. The van der Waals surface area contributed by atoms with E-state index in [2.05, 4.69) is 0 Å². The third-order valence-electron chi connectivity index (χ3n) is 6.97. The van der Waals surface area contributed by atoms with Crippen molar-refractivity contribution in [3.63, 3.8) is 0 Å². The molecule has 7 heteroatoms. The number of aryl methyl sites for hydroxylation is 2. The molecule has 38 heavy (non-hydrogen) atoms.